The number of amides is 1. The second kappa shape index (κ2) is 5.30. The van der Waals surface area contributed by atoms with Crippen molar-refractivity contribution in [1.82, 2.24) is 15.1 Å². The number of aliphatic carboxylic acids is 2. The van der Waals surface area contributed by atoms with Crippen LogP contribution in [0.1, 0.15) is 22.6 Å². The van der Waals surface area contributed by atoms with Gasteiger partial charge in [-0.05, 0) is 13.0 Å². The zero-order valence-electron chi connectivity index (χ0n) is 9.88. The number of carboxylic acid groups (broad SMARTS) is 2. The minimum absolute atomic E-state index is 0.170. The molecule has 0 bridgehead atoms. The van der Waals surface area contributed by atoms with Gasteiger partial charge in [-0.3, -0.25) is 14.3 Å². The Morgan fingerprint density at radius 1 is 1.44 bits per heavy atom. The van der Waals surface area contributed by atoms with E-state index in [0.717, 1.165) is 0 Å². The largest absolute Gasteiger partial charge is 0.481 e. The molecule has 0 aliphatic rings. The molecule has 3 N–H and O–H groups in total. The third-order valence-corrected chi connectivity index (χ3v) is 2.22. The highest BCUT2D eigenvalue weighted by Crippen LogP contribution is 2.03. The van der Waals surface area contributed by atoms with Crippen LogP contribution in [0.15, 0.2) is 6.07 Å². The quantitative estimate of drug-likeness (QED) is 0.645. The number of aryl methyl sites for hydroxylation is 2. The van der Waals surface area contributed by atoms with E-state index in [9.17, 15) is 14.4 Å². The summed E-state index contributed by atoms with van der Waals surface area (Å²) in [6.07, 6.45) is -0.683. The molecule has 0 spiro atoms. The molecule has 0 saturated carbocycles. The summed E-state index contributed by atoms with van der Waals surface area (Å²) >= 11 is 0. The molecule has 0 unspecified atom stereocenters. The van der Waals surface area contributed by atoms with Crippen LogP contribution in [0.25, 0.3) is 0 Å². The summed E-state index contributed by atoms with van der Waals surface area (Å²) in [5.74, 6) is -3.37. The molecule has 1 amide bonds. The molecule has 0 fully saturated rings. The molecule has 98 valence electrons. The Morgan fingerprint density at radius 3 is 2.44 bits per heavy atom. The smallest absolute Gasteiger partial charge is 0.326 e. The van der Waals surface area contributed by atoms with Gasteiger partial charge in [0.2, 0.25) is 0 Å². The van der Waals surface area contributed by atoms with Gasteiger partial charge in [-0.15, -0.1) is 0 Å². The van der Waals surface area contributed by atoms with Crippen molar-refractivity contribution in [2.75, 3.05) is 0 Å². The van der Waals surface area contributed by atoms with Crippen LogP contribution in [0.2, 0.25) is 0 Å². The molecule has 1 rings (SSSR count). The van der Waals surface area contributed by atoms with E-state index < -0.39 is 30.3 Å². The van der Waals surface area contributed by atoms with Gasteiger partial charge in [-0.25, -0.2) is 4.79 Å². The average molecular weight is 255 g/mol. The number of aromatic nitrogens is 2. The number of carbonyl (C=O) groups excluding carboxylic acids is 1. The lowest BCUT2D eigenvalue weighted by atomic mass is 10.2. The minimum Gasteiger partial charge on any atom is -0.481 e. The first-order chi connectivity index (χ1) is 8.31. The van der Waals surface area contributed by atoms with Gasteiger partial charge in [-0.1, -0.05) is 0 Å². The van der Waals surface area contributed by atoms with Crippen molar-refractivity contribution in [2.24, 2.45) is 7.05 Å². The molecule has 1 heterocycles. The van der Waals surface area contributed by atoms with Crippen LogP contribution in [-0.2, 0) is 16.6 Å². The van der Waals surface area contributed by atoms with Crippen molar-refractivity contribution < 1.29 is 24.6 Å². The van der Waals surface area contributed by atoms with Crippen molar-refractivity contribution in [3.05, 3.63) is 17.5 Å². The van der Waals surface area contributed by atoms with E-state index >= 15 is 0 Å². The van der Waals surface area contributed by atoms with Crippen molar-refractivity contribution in [3.63, 3.8) is 0 Å². The molecule has 0 radical (unpaired) electrons. The van der Waals surface area contributed by atoms with Crippen molar-refractivity contribution in [3.8, 4) is 0 Å². The first-order valence-electron chi connectivity index (χ1n) is 5.07. The predicted molar refractivity (Wildman–Crippen MR) is 59.1 cm³/mol. The first-order valence-corrected chi connectivity index (χ1v) is 5.07. The van der Waals surface area contributed by atoms with Gasteiger partial charge in [0.15, 0.2) is 0 Å². The van der Waals surface area contributed by atoms with E-state index in [0.29, 0.717) is 5.69 Å². The van der Waals surface area contributed by atoms with Crippen molar-refractivity contribution in [2.45, 2.75) is 19.4 Å². The lowest BCUT2D eigenvalue weighted by molar-refractivity contribution is -0.145. The Kier molecular flexibility index (Phi) is 4.03. The second-order valence-corrected chi connectivity index (χ2v) is 3.76. The van der Waals surface area contributed by atoms with Crippen LogP contribution < -0.4 is 5.32 Å². The summed E-state index contributed by atoms with van der Waals surface area (Å²) in [5, 5.41) is 23.4. The van der Waals surface area contributed by atoms with E-state index in [4.69, 9.17) is 10.2 Å². The number of rotatable bonds is 5. The Hall–Kier alpha value is -2.38. The highest BCUT2D eigenvalue weighted by Gasteiger charge is 2.24. The van der Waals surface area contributed by atoms with E-state index in [1.54, 1.807) is 6.92 Å². The lowest BCUT2D eigenvalue weighted by Gasteiger charge is -2.12. The first kappa shape index (κ1) is 13.7. The number of carboxylic acids is 2. The summed E-state index contributed by atoms with van der Waals surface area (Å²) in [6, 6.07) is 0.0138. The van der Waals surface area contributed by atoms with Crippen molar-refractivity contribution >= 4 is 17.8 Å². The van der Waals surface area contributed by atoms with Gasteiger partial charge in [0.05, 0.1) is 12.1 Å². The van der Waals surface area contributed by atoms with Gasteiger partial charge in [0, 0.05) is 7.05 Å². The summed E-state index contributed by atoms with van der Waals surface area (Å²) in [4.78, 5) is 33.0. The zero-order chi connectivity index (χ0) is 13.9. The third kappa shape index (κ3) is 3.30. The normalized spacial score (nSPS) is 11.9. The number of hydrogen-bond donors (Lipinski definition) is 3. The summed E-state index contributed by atoms with van der Waals surface area (Å²) in [5.41, 5.74) is 0.775. The maximum Gasteiger partial charge on any atom is 0.326 e. The highest BCUT2D eigenvalue weighted by atomic mass is 16.4. The van der Waals surface area contributed by atoms with Crippen LogP contribution in [0.3, 0.4) is 0 Å². The van der Waals surface area contributed by atoms with E-state index in [1.165, 1.54) is 17.8 Å². The van der Waals surface area contributed by atoms with E-state index in [-0.39, 0.29) is 5.69 Å². The van der Waals surface area contributed by atoms with Crippen LogP contribution in [-0.4, -0.2) is 43.9 Å². The van der Waals surface area contributed by atoms with E-state index in [2.05, 4.69) is 10.4 Å². The van der Waals surface area contributed by atoms with Crippen LogP contribution in [0, 0.1) is 6.92 Å². The third-order valence-electron chi connectivity index (χ3n) is 2.22. The number of carbonyl (C=O) groups is 3. The maximum atomic E-state index is 11.7. The Labute approximate surface area is 102 Å². The monoisotopic (exact) mass is 255 g/mol. The fraction of sp³-hybridized carbons (Fsp3) is 0.400. The minimum atomic E-state index is -1.47. The van der Waals surface area contributed by atoms with E-state index in [1.807, 2.05) is 0 Å². The highest BCUT2D eigenvalue weighted by molar-refractivity contribution is 5.96. The molecule has 18 heavy (non-hydrogen) atoms. The molecular formula is C10H13N3O5. The summed E-state index contributed by atoms with van der Waals surface area (Å²) in [6.45, 7) is 1.68. The van der Waals surface area contributed by atoms with Gasteiger partial charge in [0.1, 0.15) is 11.7 Å². The Bertz CT molecular complexity index is 494. The fourth-order valence-electron chi connectivity index (χ4n) is 1.43. The Balaban J connectivity index is 2.81. The van der Waals surface area contributed by atoms with Gasteiger partial charge >= 0.3 is 11.9 Å². The molecule has 1 aromatic rings. The summed E-state index contributed by atoms with van der Waals surface area (Å²) in [7, 11) is 1.54. The van der Waals surface area contributed by atoms with Gasteiger partial charge < -0.3 is 15.5 Å². The van der Waals surface area contributed by atoms with Gasteiger partial charge in [0.25, 0.3) is 5.91 Å². The zero-order valence-corrected chi connectivity index (χ0v) is 9.88. The molecular weight excluding hydrogens is 242 g/mol. The molecule has 0 aromatic carbocycles. The molecule has 0 saturated heterocycles. The fourth-order valence-corrected chi connectivity index (χ4v) is 1.43. The van der Waals surface area contributed by atoms with Crippen LogP contribution in [0.5, 0.6) is 0 Å². The molecule has 8 nitrogen and oxygen atoms in total. The SMILES string of the molecule is Cc1cc(C(=O)N[C@H](CC(=O)O)C(=O)O)n(C)n1. The van der Waals surface area contributed by atoms with Crippen molar-refractivity contribution in [1.29, 1.82) is 0 Å². The molecule has 0 aliphatic heterocycles. The standard InChI is InChI=1S/C10H13N3O5/c1-5-3-7(13(2)12-5)9(16)11-6(10(17)18)4-8(14)15/h3,6H,4H2,1-2H3,(H,11,16)(H,14,15)(H,17,18)/t6-/m1/s1. The summed E-state index contributed by atoms with van der Waals surface area (Å²) < 4.78 is 1.30. The number of hydrogen-bond acceptors (Lipinski definition) is 4. The predicted octanol–water partition coefficient (Wildman–Crippen LogP) is -0.614. The molecule has 1 aromatic heterocycles. The maximum absolute atomic E-state index is 11.7. The Morgan fingerprint density at radius 2 is 2.06 bits per heavy atom. The number of nitrogens with zero attached hydrogens (tertiary/aromatic N) is 2. The van der Waals surface area contributed by atoms with Crippen LogP contribution >= 0.6 is 0 Å². The average Bonchev–Trinajstić information content (AvgIpc) is 2.56. The number of nitrogens with one attached hydrogen (secondary N) is 1. The topological polar surface area (TPSA) is 122 Å². The molecule has 0 aliphatic carbocycles. The second-order valence-electron chi connectivity index (χ2n) is 3.76. The van der Waals surface area contributed by atoms with Gasteiger partial charge in [-0.2, -0.15) is 5.10 Å². The molecule has 1 atom stereocenters. The lowest BCUT2D eigenvalue weighted by Crippen LogP contribution is -2.42. The molecule has 8 heteroatoms. The van der Waals surface area contributed by atoms with Crippen LogP contribution in [0.4, 0.5) is 0 Å².